The molecule has 1 fully saturated rings. The van der Waals surface area contributed by atoms with E-state index in [9.17, 15) is 36.5 Å². The summed E-state index contributed by atoms with van der Waals surface area (Å²) < 4.78 is 66.5. The van der Waals surface area contributed by atoms with Gasteiger partial charge in [0.1, 0.15) is 5.82 Å². The quantitative estimate of drug-likeness (QED) is 0.564. The molecular weight excluding hydrogens is 427 g/mol. The lowest BCUT2D eigenvalue weighted by Crippen LogP contribution is -2.41. The van der Waals surface area contributed by atoms with Crippen LogP contribution in [0.15, 0.2) is 41.3 Å². The van der Waals surface area contributed by atoms with Crippen molar-refractivity contribution in [2.24, 2.45) is 5.92 Å². The van der Waals surface area contributed by atoms with E-state index in [4.69, 9.17) is 0 Å². The summed E-state index contributed by atoms with van der Waals surface area (Å²) in [6.45, 7) is -0.117. The number of nitrogens with zero attached hydrogens (tertiary/aromatic N) is 2. The fraction of sp³-hybridized carbons (Fsp3) is 0.278. The second kappa shape index (κ2) is 8.40. The molecule has 0 saturated carbocycles. The van der Waals surface area contributed by atoms with Gasteiger partial charge >= 0.3 is 0 Å². The number of carbonyl (C=O) groups excluding carboxylic acids is 1. The van der Waals surface area contributed by atoms with Crippen molar-refractivity contribution >= 4 is 27.3 Å². The topological polar surface area (TPSA) is 110 Å². The number of nitrogens with one attached hydrogen (secondary N) is 1. The second-order valence-corrected chi connectivity index (χ2v) is 8.60. The molecule has 1 aliphatic heterocycles. The van der Waals surface area contributed by atoms with Crippen LogP contribution in [0.2, 0.25) is 0 Å². The van der Waals surface area contributed by atoms with Crippen LogP contribution in [-0.4, -0.2) is 36.6 Å². The number of non-ortho nitro benzene ring substituents is 1. The lowest BCUT2D eigenvalue weighted by Gasteiger charge is -2.30. The van der Waals surface area contributed by atoms with Gasteiger partial charge in [0.2, 0.25) is 15.9 Å². The number of halogens is 3. The molecule has 0 bridgehead atoms. The highest BCUT2D eigenvalue weighted by Crippen LogP contribution is 2.27. The molecule has 12 heteroatoms. The van der Waals surface area contributed by atoms with E-state index in [0.717, 1.165) is 34.6 Å². The lowest BCUT2D eigenvalue weighted by atomic mass is 9.97. The van der Waals surface area contributed by atoms with Crippen molar-refractivity contribution < 1.29 is 31.3 Å². The third-order valence-electron chi connectivity index (χ3n) is 4.77. The largest absolute Gasteiger partial charge is 0.323 e. The van der Waals surface area contributed by atoms with Crippen molar-refractivity contribution in [2.45, 2.75) is 17.7 Å². The zero-order valence-corrected chi connectivity index (χ0v) is 16.2. The number of hydrogen-bond donors (Lipinski definition) is 1. The Kier molecular flexibility index (Phi) is 6.08. The van der Waals surface area contributed by atoms with E-state index in [1.165, 1.54) is 0 Å². The number of sulfonamides is 1. The van der Waals surface area contributed by atoms with Gasteiger partial charge in [-0.15, -0.1) is 0 Å². The van der Waals surface area contributed by atoms with Gasteiger partial charge in [-0.05, 0) is 37.1 Å². The Labute approximate surface area is 169 Å². The number of carbonyl (C=O) groups is 1. The first-order chi connectivity index (χ1) is 14.1. The average molecular weight is 443 g/mol. The van der Waals surface area contributed by atoms with E-state index in [1.54, 1.807) is 0 Å². The van der Waals surface area contributed by atoms with Crippen LogP contribution in [0.5, 0.6) is 0 Å². The van der Waals surface area contributed by atoms with Gasteiger partial charge in [0.25, 0.3) is 5.69 Å². The highest BCUT2D eigenvalue weighted by Gasteiger charge is 2.33. The second-order valence-electron chi connectivity index (χ2n) is 6.66. The minimum Gasteiger partial charge on any atom is -0.323 e. The summed E-state index contributed by atoms with van der Waals surface area (Å²) in [7, 11) is -4.07. The molecule has 0 unspecified atom stereocenters. The summed E-state index contributed by atoms with van der Waals surface area (Å²) in [5, 5.41) is 13.1. The smallest absolute Gasteiger partial charge is 0.271 e. The molecule has 1 heterocycles. The Morgan fingerprint density at radius 2 is 1.67 bits per heavy atom. The van der Waals surface area contributed by atoms with Gasteiger partial charge in [-0.2, -0.15) is 4.31 Å². The molecule has 0 spiro atoms. The van der Waals surface area contributed by atoms with E-state index in [2.05, 4.69) is 5.32 Å². The number of anilines is 1. The normalized spacial score (nSPS) is 15.7. The molecule has 3 rings (SSSR count). The van der Waals surface area contributed by atoms with Gasteiger partial charge in [0, 0.05) is 31.1 Å². The van der Waals surface area contributed by atoms with Gasteiger partial charge in [0.05, 0.1) is 15.5 Å². The molecule has 0 atom stereocenters. The maximum Gasteiger partial charge on any atom is 0.271 e. The van der Waals surface area contributed by atoms with E-state index >= 15 is 0 Å². The standard InChI is InChI=1S/C18H16F3N3O5S/c19-14-4-2-13(10-16(14)21)30(28,29)23-7-5-11(6-8-23)18(25)22-17-9-12(24(26)27)1-3-15(17)20/h1-4,9-11H,5-8H2,(H,22,25). The number of hydrogen-bond acceptors (Lipinski definition) is 5. The number of nitro groups is 1. The van der Waals surface area contributed by atoms with Crippen LogP contribution in [0.1, 0.15) is 12.8 Å². The van der Waals surface area contributed by atoms with Gasteiger partial charge < -0.3 is 5.32 Å². The Bertz CT molecular complexity index is 1100. The van der Waals surface area contributed by atoms with Crippen LogP contribution >= 0.6 is 0 Å². The monoisotopic (exact) mass is 443 g/mol. The fourth-order valence-corrected chi connectivity index (χ4v) is 4.58. The zero-order valence-electron chi connectivity index (χ0n) is 15.3. The molecule has 2 aromatic carbocycles. The summed E-state index contributed by atoms with van der Waals surface area (Å²) in [4.78, 5) is 22.1. The van der Waals surface area contributed by atoms with E-state index in [0.29, 0.717) is 6.07 Å². The third-order valence-corrected chi connectivity index (χ3v) is 6.67. The molecule has 8 nitrogen and oxygen atoms in total. The Balaban J connectivity index is 1.66. The zero-order chi connectivity index (χ0) is 22.1. The summed E-state index contributed by atoms with van der Waals surface area (Å²) in [6.07, 6.45) is 0.205. The summed E-state index contributed by atoms with van der Waals surface area (Å²) >= 11 is 0. The maximum atomic E-state index is 13.8. The number of amides is 1. The van der Waals surface area contributed by atoms with Crippen LogP contribution in [0, 0.1) is 33.5 Å². The minimum atomic E-state index is -4.07. The minimum absolute atomic E-state index is 0.0587. The van der Waals surface area contributed by atoms with E-state index in [1.807, 2.05) is 0 Å². The third kappa shape index (κ3) is 4.44. The molecular formula is C18H16F3N3O5S. The molecule has 2 aromatic rings. The van der Waals surface area contributed by atoms with Crippen LogP contribution in [0.4, 0.5) is 24.5 Å². The van der Waals surface area contributed by atoms with Crippen molar-refractivity contribution in [1.29, 1.82) is 0 Å². The van der Waals surface area contributed by atoms with Crippen LogP contribution in [0.3, 0.4) is 0 Å². The van der Waals surface area contributed by atoms with Crippen LogP contribution in [0.25, 0.3) is 0 Å². The average Bonchev–Trinajstić information content (AvgIpc) is 2.71. The highest BCUT2D eigenvalue weighted by molar-refractivity contribution is 7.89. The van der Waals surface area contributed by atoms with Gasteiger partial charge in [0.15, 0.2) is 11.6 Å². The SMILES string of the molecule is O=C(Nc1cc([N+](=O)[O-])ccc1F)C1CCN(S(=O)(=O)c2ccc(F)c(F)c2)CC1. The lowest BCUT2D eigenvalue weighted by molar-refractivity contribution is -0.384. The molecule has 0 radical (unpaired) electrons. The molecule has 1 N–H and O–H groups in total. The number of benzene rings is 2. The fourth-order valence-electron chi connectivity index (χ4n) is 3.10. The van der Waals surface area contributed by atoms with Crippen molar-refractivity contribution in [3.8, 4) is 0 Å². The van der Waals surface area contributed by atoms with Crippen molar-refractivity contribution in [1.82, 2.24) is 4.31 Å². The molecule has 1 saturated heterocycles. The first kappa shape index (κ1) is 21.7. The molecule has 0 aromatic heterocycles. The Hall–Kier alpha value is -2.99. The van der Waals surface area contributed by atoms with Crippen molar-refractivity contribution in [2.75, 3.05) is 18.4 Å². The van der Waals surface area contributed by atoms with Gasteiger partial charge in [-0.25, -0.2) is 21.6 Å². The first-order valence-corrected chi connectivity index (χ1v) is 10.2. The maximum absolute atomic E-state index is 13.8. The van der Waals surface area contributed by atoms with Crippen molar-refractivity contribution in [3.05, 3.63) is 64.0 Å². The molecule has 160 valence electrons. The number of rotatable bonds is 5. The summed E-state index contributed by atoms with van der Waals surface area (Å²) in [5.74, 6) is -4.55. The Morgan fingerprint density at radius 3 is 2.27 bits per heavy atom. The molecule has 1 aliphatic rings. The van der Waals surface area contributed by atoms with Gasteiger partial charge in [-0.1, -0.05) is 0 Å². The summed E-state index contributed by atoms with van der Waals surface area (Å²) in [6, 6.07) is 5.00. The predicted molar refractivity (Wildman–Crippen MR) is 99.5 cm³/mol. The highest BCUT2D eigenvalue weighted by atomic mass is 32.2. The molecule has 30 heavy (non-hydrogen) atoms. The number of piperidine rings is 1. The van der Waals surface area contributed by atoms with E-state index in [-0.39, 0.29) is 37.3 Å². The van der Waals surface area contributed by atoms with Gasteiger partial charge in [-0.3, -0.25) is 14.9 Å². The van der Waals surface area contributed by atoms with Crippen LogP contribution in [-0.2, 0) is 14.8 Å². The molecule has 0 aliphatic carbocycles. The van der Waals surface area contributed by atoms with Crippen LogP contribution < -0.4 is 5.32 Å². The molecule has 1 amide bonds. The van der Waals surface area contributed by atoms with Crippen molar-refractivity contribution in [3.63, 3.8) is 0 Å². The summed E-state index contributed by atoms with van der Waals surface area (Å²) in [5.41, 5.74) is -0.731. The predicted octanol–water partition coefficient (Wildman–Crippen LogP) is 3.05. The Morgan fingerprint density at radius 1 is 1.03 bits per heavy atom. The first-order valence-electron chi connectivity index (χ1n) is 8.79. The van der Waals surface area contributed by atoms with E-state index < -0.39 is 49.1 Å². The number of nitro benzene ring substituents is 1.